The number of benzene rings is 2. The van der Waals surface area contributed by atoms with Gasteiger partial charge in [0.2, 0.25) is 0 Å². The first-order chi connectivity index (χ1) is 12.2. The molecule has 0 saturated carbocycles. The largest absolute Gasteiger partial charge is 0.355 e. The zero-order valence-electron chi connectivity index (χ0n) is 14.9. The van der Waals surface area contributed by atoms with Crippen LogP contribution in [0.2, 0.25) is 0 Å². The van der Waals surface area contributed by atoms with E-state index in [2.05, 4.69) is 31.2 Å². The number of hydrogen-bond donors (Lipinski definition) is 2. The summed E-state index contributed by atoms with van der Waals surface area (Å²) in [6.07, 6.45) is 0. The quantitative estimate of drug-likeness (QED) is 0.344. The van der Waals surface area contributed by atoms with Gasteiger partial charge in [-0.15, -0.1) is 24.0 Å². The van der Waals surface area contributed by atoms with Gasteiger partial charge in [0.05, 0.1) is 11.0 Å². The molecule has 138 valence electrons. The monoisotopic (exact) mass is 467 g/mol. The van der Waals surface area contributed by atoms with Crippen molar-refractivity contribution in [3.8, 4) is 0 Å². The minimum Gasteiger partial charge on any atom is -0.355 e. The van der Waals surface area contributed by atoms with Crippen molar-refractivity contribution in [2.24, 2.45) is 4.99 Å². The maximum absolute atomic E-state index is 13.7. The predicted octanol–water partition coefficient (Wildman–Crippen LogP) is 3.47. The molecule has 0 fully saturated rings. The van der Waals surface area contributed by atoms with Gasteiger partial charge in [-0.05, 0) is 25.1 Å². The first kappa shape index (κ1) is 20.2. The molecule has 0 saturated heterocycles. The van der Waals surface area contributed by atoms with Crippen molar-refractivity contribution in [3.05, 3.63) is 65.7 Å². The highest BCUT2D eigenvalue weighted by Crippen LogP contribution is 2.14. The van der Waals surface area contributed by atoms with Crippen LogP contribution in [0.4, 0.5) is 4.39 Å². The van der Waals surface area contributed by atoms with Gasteiger partial charge in [-0.2, -0.15) is 0 Å². The Hall–Kier alpha value is -2.16. The summed E-state index contributed by atoms with van der Waals surface area (Å²) < 4.78 is 15.8. The zero-order valence-corrected chi connectivity index (χ0v) is 17.2. The van der Waals surface area contributed by atoms with E-state index in [4.69, 9.17) is 0 Å². The van der Waals surface area contributed by atoms with Crippen LogP contribution in [-0.2, 0) is 13.1 Å². The van der Waals surface area contributed by atoms with Gasteiger partial charge in [0.1, 0.15) is 11.6 Å². The summed E-state index contributed by atoms with van der Waals surface area (Å²) in [6.45, 7) is 3.86. The Kier molecular flexibility index (Phi) is 7.38. The molecule has 0 atom stereocenters. The number of fused-ring (bicyclic) bond motifs is 1. The van der Waals surface area contributed by atoms with Gasteiger partial charge in [-0.3, -0.25) is 4.99 Å². The number of nitrogens with zero attached hydrogens (tertiary/aromatic N) is 3. The van der Waals surface area contributed by atoms with Crippen LogP contribution in [0.3, 0.4) is 0 Å². The Morgan fingerprint density at radius 3 is 2.62 bits per heavy atom. The van der Waals surface area contributed by atoms with Crippen molar-refractivity contribution in [2.75, 3.05) is 13.6 Å². The number of aromatic nitrogens is 2. The summed E-state index contributed by atoms with van der Waals surface area (Å²) >= 11 is 0. The molecule has 0 aliphatic carbocycles. The molecule has 26 heavy (non-hydrogen) atoms. The maximum atomic E-state index is 13.7. The van der Waals surface area contributed by atoms with Crippen molar-refractivity contribution >= 4 is 41.0 Å². The fourth-order valence-corrected chi connectivity index (χ4v) is 2.81. The van der Waals surface area contributed by atoms with Crippen molar-refractivity contribution in [2.45, 2.75) is 20.0 Å². The summed E-state index contributed by atoms with van der Waals surface area (Å²) in [7, 11) is 1.70. The molecule has 0 bridgehead atoms. The smallest absolute Gasteiger partial charge is 0.191 e. The minimum atomic E-state index is -0.217. The van der Waals surface area contributed by atoms with E-state index in [1.54, 1.807) is 19.2 Å². The molecule has 0 amide bonds. The average molecular weight is 467 g/mol. The molecule has 5 nitrogen and oxygen atoms in total. The number of para-hydroxylation sites is 2. The molecule has 0 aliphatic rings. The van der Waals surface area contributed by atoms with Gasteiger partial charge >= 0.3 is 0 Å². The third-order valence-corrected chi connectivity index (χ3v) is 4.10. The van der Waals surface area contributed by atoms with Crippen LogP contribution in [-0.4, -0.2) is 29.1 Å². The van der Waals surface area contributed by atoms with Crippen LogP contribution in [0.5, 0.6) is 0 Å². The second-order valence-corrected chi connectivity index (χ2v) is 5.74. The highest BCUT2D eigenvalue weighted by atomic mass is 127. The van der Waals surface area contributed by atoms with Crippen molar-refractivity contribution in [3.63, 3.8) is 0 Å². The topological polar surface area (TPSA) is 54.2 Å². The molecule has 1 heterocycles. The molecule has 2 aromatic carbocycles. The number of aryl methyl sites for hydroxylation is 1. The predicted molar refractivity (Wildman–Crippen MR) is 114 cm³/mol. The highest BCUT2D eigenvalue weighted by Gasteiger charge is 2.07. The minimum absolute atomic E-state index is 0. The Bertz CT molecular complexity index is 891. The number of nitrogens with one attached hydrogen (secondary N) is 2. The van der Waals surface area contributed by atoms with E-state index in [1.807, 2.05) is 31.2 Å². The van der Waals surface area contributed by atoms with Gasteiger partial charge in [0.25, 0.3) is 0 Å². The number of aliphatic imine (C=N–C) groups is 1. The third-order valence-electron chi connectivity index (χ3n) is 4.10. The Labute approximate surface area is 169 Å². The normalized spacial score (nSPS) is 11.3. The summed E-state index contributed by atoms with van der Waals surface area (Å²) in [5, 5.41) is 6.39. The number of guanidine groups is 1. The van der Waals surface area contributed by atoms with Crippen molar-refractivity contribution in [1.82, 2.24) is 20.2 Å². The van der Waals surface area contributed by atoms with E-state index in [9.17, 15) is 4.39 Å². The van der Waals surface area contributed by atoms with Crippen LogP contribution in [0.1, 0.15) is 11.4 Å². The lowest BCUT2D eigenvalue weighted by atomic mass is 10.2. The molecule has 2 N–H and O–H groups in total. The summed E-state index contributed by atoms with van der Waals surface area (Å²) in [4.78, 5) is 8.75. The Balaban J connectivity index is 0.00000243. The van der Waals surface area contributed by atoms with Crippen LogP contribution in [0.25, 0.3) is 11.0 Å². The number of rotatable bonds is 5. The van der Waals surface area contributed by atoms with Gasteiger partial charge < -0.3 is 15.2 Å². The molecule has 3 aromatic rings. The number of hydrogen-bond acceptors (Lipinski definition) is 2. The van der Waals surface area contributed by atoms with E-state index >= 15 is 0 Å². The lowest BCUT2D eigenvalue weighted by molar-refractivity contribution is 0.603. The summed E-state index contributed by atoms with van der Waals surface area (Å²) in [6, 6.07) is 14.8. The van der Waals surface area contributed by atoms with Crippen LogP contribution in [0, 0.1) is 12.7 Å². The first-order valence-electron chi connectivity index (χ1n) is 8.29. The molecule has 1 aromatic heterocycles. The molecular formula is C19H23FIN5. The Morgan fingerprint density at radius 2 is 1.85 bits per heavy atom. The van der Waals surface area contributed by atoms with E-state index in [0.717, 1.165) is 23.4 Å². The summed E-state index contributed by atoms with van der Waals surface area (Å²) in [5.41, 5.74) is 2.74. The second-order valence-electron chi connectivity index (χ2n) is 5.74. The van der Waals surface area contributed by atoms with Crippen LogP contribution < -0.4 is 10.6 Å². The second kappa shape index (κ2) is 9.51. The van der Waals surface area contributed by atoms with Crippen molar-refractivity contribution < 1.29 is 4.39 Å². The average Bonchev–Trinajstić information content (AvgIpc) is 2.94. The molecule has 7 heteroatoms. The number of imidazole rings is 1. The summed E-state index contributed by atoms with van der Waals surface area (Å²) in [5.74, 6) is 1.41. The van der Waals surface area contributed by atoms with Gasteiger partial charge in [0, 0.05) is 32.2 Å². The van der Waals surface area contributed by atoms with E-state index in [0.29, 0.717) is 24.6 Å². The van der Waals surface area contributed by atoms with E-state index < -0.39 is 0 Å². The Morgan fingerprint density at radius 1 is 1.12 bits per heavy atom. The lowest BCUT2D eigenvalue weighted by Gasteiger charge is -2.13. The fourth-order valence-electron chi connectivity index (χ4n) is 2.81. The van der Waals surface area contributed by atoms with E-state index in [-0.39, 0.29) is 29.8 Å². The molecular weight excluding hydrogens is 444 g/mol. The highest BCUT2D eigenvalue weighted by molar-refractivity contribution is 14.0. The lowest BCUT2D eigenvalue weighted by Crippen LogP contribution is -2.38. The molecule has 3 rings (SSSR count). The fraction of sp³-hybridized carbons (Fsp3) is 0.263. The maximum Gasteiger partial charge on any atom is 0.191 e. The molecule has 0 unspecified atom stereocenters. The standard InChI is InChI=1S/C19H22FN5.HI/c1-14-24-17-9-5-6-10-18(17)25(14)12-11-22-19(21-2)23-13-15-7-3-4-8-16(15)20;/h3-10H,11-13H2,1-2H3,(H2,21,22,23);1H. The van der Waals surface area contributed by atoms with Gasteiger partial charge in [-0.25, -0.2) is 9.37 Å². The molecule has 0 spiro atoms. The zero-order chi connectivity index (χ0) is 17.6. The first-order valence-corrected chi connectivity index (χ1v) is 8.29. The molecule has 0 aliphatic heterocycles. The van der Waals surface area contributed by atoms with Crippen LogP contribution >= 0.6 is 24.0 Å². The van der Waals surface area contributed by atoms with Crippen molar-refractivity contribution in [1.29, 1.82) is 0 Å². The van der Waals surface area contributed by atoms with E-state index in [1.165, 1.54) is 6.07 Å². The SMILES string of the molecule is CN=C(NCCn1c(C)nc2ccccc21)NCc1ccccc1F.I. The third kappa shape index (κ3) is 4.72. The number of halogens is 2. The van der Waals surface area contributed by atoms with Gasteiger partial charge in [0.15, 0.2) is 5.96 Å². The van der Waals surface area contributed by atoms with Crippen LogP contribution in [0.15, 0.2) is 53.5 Å². The molecule has 0 radical (unpaired) electrons. The van der Waals surface area contributed by atoms with Gasteiger partial charge in [-0.1, -0.05) is 30.3 Å².